The topological polar surface area (TPSA) is 96.6 Å². The summed E-state index contributed by atoms with van der Waals surface area (Å²) in [5.74, 6) is -0.0391. The SMILES string of the molecule is CCC(Cc1ccccc1)c1cc(O)c(C(c2cccc(NS(=O)(=O)c3cc(Cl)ccc3Cl)c2)C2CC2)c(=O)o1. The predicted molar refractivity (Wildman–Crippen MR) is 158 cm³/mol. The molecule has 208 valence electrons. The van der Waals surface area contributed by atoms with Crippen molar-refractivity contribution in [3.63, 3.8) is 0 Å². The van der Waals surface area contributed by atoms with Crippen molar-refractivity contribution in [2.24, 2.45) is 5.92 Å². The molecule has 0 radical (unpaired) electrons. The van der Waals surface area contributed by atoms with Crippen LogP contribution in [0.2, 0.25) is 10.0 Å². The normalized spacial score (nSPS) is 15.0. The lowest BCUT2D eigenvalue weighted by Crippen LogP contribution is -2.18. The second-order valence-corrected chi connectivity index (χ2v) is 12.6. The van der Waals surface area contributed by atoms with Gasteiger partial charge in [-0.3, -0.25) is 4.72 Å². The number of halogens is 2. The number of aromatic hydroxyl groups is 1. The molecule has 5 rings (SSSR count). The lowest BCUT2D eigenvalue weighted by Gasteiger charge is -2.20. The van der Waals surface area contributed by atoms with Crippen molar-refractivity contribution in [2.75, 3.05) is 4.72 Å². The van der Waals surface area contributed by atoms with E-state index in [1.54, 1.807) is 24.3 Å². The number of rotatable bonds is 10. The first-order valence-electron chi connectivity index (χ1n) is 13.1. The van der Waals surface area contributed by atoms with Gasteiger partial charge in [-0.1, -0.05) is 72.6 Å². The zero-order valence-corrected chi connectivity index (χ0v) is 24.1. The number of hydrogen-bond acceptors (Lipinski definition) is 5. The highest BCUT2D eigenvalue weighted by atomic mass is 35.5. The van der Waals surface area contributed by atoms with Crippen molar-refractivity contribution < 1.29 is 17.9 Å². The summed E-state index contributed by atoms with van der Waals surface area (Å²) < 4.78 is 34.6. The Morgan fingerprint density at radius 2 is 1.75 bits per heavy atom. The average Bonchev–Trinajstić information content (AvgIpc) is 3.76. The molecule has 0 saturated heterocycles. The fourth-order valence-electron chi connectivity index (χ4n) is 5.13. The van der Waals surface area contributed by atoms with E-state index < -0.39 is 21.6 Å². The van der Waals surface area contributed by atoms with E-state index in [1.165, 1.54) is 18.2 Å². The van der Waals surface area contributed by atoms with Crippen LogP contribution in [0, 0.1) is 5.92 Å². The lowest BCUT2D eigenvalue weighted by molar-refractivity contribution is 0.379. The van der Waals surface area contributed by atoms with Crippen molar-refractivity contribution in [2.45, 2.75) is 49.3 Å². The molecular weight excluding hydrogens is 569 g/mol. The van der Waals surface area contributed by atoms with Gasteiger partial charge in [0.1, 0.15) is 16.4 Å². The highest BCUT2D eigenvalue weighted by molar-refractivity contribution is 7.92. The zero-order chi connectivity index (χ0) is 28.4. The molecule has 0 bridgehead atoms. The first kappa shape index (κ1) is 28.3. The molecule has 0 amide bonds. The van der Waals surface area contributed by atoms with Crippen molar-refractivity contribution in [1.29, 1.82) is 0 Å². The zero-order valence-electron chi connectivity index (χ0n) is 21.8. The predicted octanol–water partition coefficient (Wildman–Crippen LogP) is 7.73. The molecule has 1 heterocycles. The number of hydrogen-bond donors (Lipinski definition) is 2. The molecule has 9 heteroatoms. The van der Waals surface area contributed by atoms with Gasteiger partial charge in [-0.2, -0.15) is 0 Å². The van der Waals surface area contributed by atoms with E-state index in [2.05, 4.69) is 4.72 Å². The molecule has 1 aliphatic rings. The minimum atomic E-state index is -4.03. The van der Waals surface area contributed by atoms with Crippen LogP contribution in [0.15, 0.2) is 93.0 Å². The van der Waals surface area contributed by atoms with E-state index in [0.29, 0.717) is 23.4 Å². The molecule has 1 fully saturated rings. The van der Waals surface area contributed by atoms with Crippen molar-refractivity contribution >= 4 is 38.9 Å². The Morgan fingerprint density at radius 3 is 2.42 bits per heavy atom. The van der Waals surface area contributed by atoms with Crippen LogP contribution in [0.3, 0.4) is 0 Å². The Bertz CT molecular complexity index is 1680. The Kier molecular flexibility index (Phi) is 8.26. The van der Waals surface area contributed by atoms with Crippen molar-refractivity contribution in [3.8, 4) is 5.75 Å². The average molecular weight is 599 g/mol. The van der Waals surface area contributed by atoms with Crippen LogP contribution in [-0.2, 0) is 16.4 Å². The Hall–Kier alpha value is -3.26. The van der Waals surface area contributed by atoms with Gasteiger partial charge in [-0.25, -0.2) is 13.2 Å². The first-order valence-corrected chi connectivity index (χ1v) is 15.4. The molecule has 1 saturated carbocycles. The van der Waals surface area contributed by atoms with Crippen LogP contribution in [0.1, 0.15) is 60.5 Å². The van der Waals surface area contributed by atoms with Gasteiger partial charge >= 0.3 is 5.63 Å². The second kappa shape index (κ2) is 11.7. The monoisotopic (exact) mass is 597 g/mol. The number of benzene rings is 3. The van der Waals surface area contributed by atoms with Gasteiger partial charge in [-0.05, 0) is 73.1 Å². The number of sulfonamides is 1. The summed E-state index contributed by atoms with van der Waals surface area (Å²) in [5.41, 5.74) is 1.74. The van der Waals surface area contributed by atoms with E-state index in [0.717, 1.165) is 24.8 Å². The third-order valence-electron chi connectivity index (χ3n) is 7.29. The molecule has 6 nitrogen and oxygen atoms in total. The van der Waals surface area contributed by atoms with Gasteiger partial charge in [0.05, 0.1) is 10.6 Å². The van der Waals surface area contributed by atoms with Crippen molar-refractivity contribution in [3.05, 3.63) is 122 Å². The van der Waals surface area contributed by atoms with E-state index in [9.17, 15) is 18.3 Å². The minimum Gasteiger partial charge on any atom is -0.507 e. The maximum Gasteiger partial charge on any atom is 0.343 e. The van der Waals surface area contributed by atoms with E-state index in [-0.39, 0.29) is 38.1 Å². The molecule has 2 unspecified atom stereocenters. The number of anilines is 1. The summed E-state index contributed by atoms with van der Waals surface area (Å²) in [5, 5.41) is 11.4. The maximum atomic E-state index is 13.4. The van der Waals surface area contributed by atoms with Gasteiger partial charge in [-0.15, -0.1) is 0 Å². The molecule has 2 atom stereocenters. The molecular formula is C31H29Cl2NO5S. The fraction of sp³-hybridized carbons (Fsp3) is 0.258. The fourth-order valence-corrected chi connectivity index (χ4v) is 6.95. The van der Waals surface area contributed by atoms with Crippen LogP contribution < -0.4 is 10.3 Å². The van der Waals surface area contributed by atoms with E-state index in [4.69, 9.17) is 27.6 Å². The van der Waals surface area contributed by atoms with Crippen LogP contribution in [-0.4, -0.2) is 13.5 Å². The van der Waals surface area contributed by atoms with Gasteiger partial charge in [0.15, 0.2) is 0 Å². The molecule has 4 aromatic rings. The van der Waals surface area contributed by atoms with Gasteiger partial charge in [0.2, 0.25) is 0 Å². The van der Waals surface area contributed by atoms with Crippen LogP contribution in [0.25, 0.3) is 0 Å². The summed E-state index contributed by atoms with van der Waals surface area (Å²) >= 11 is 12.1. The van der Waals surface area contributed by atoms with Gasteiger partial charge in [0.25, 0.3) is 10.0 Å². The van der Waals surface area contributed by atoms with E-state index in [1.807, 2.05) is 43.3 Å². The highest BCUT2D eigenvalue weighted by Gasteiger charge is 2.38. The molecule has 40 heavy (non-hydrogen) atoms. The standard InChI is InChI=1S/C31H29Cl2NO5S/c1-2-20(15-19-7-4-3-5-8-19)27-18-26(35)30(31(36)39-27)29(21-11-12-21)22-9-6-10-24(16-22)34-40(37,38)28-17-23(32)13-14-25(28)33/h3-10,13-14,16-18,20-21,29,34-35H,2,11-12,15H2,1H3. The Morgan fingerprint density at radius 1 is 1.00 bits per heavy atom. The molecule has 1 aliphatic carbocycles. The van der Waals surface area contributed by atoms with Gasteiger partial charge in [0, 0.05) is 28.6 Å². The van der Waals surface area contributed by atoms with Crippen molar-refractivity contribution in [1.82, 2.24) is 0 Å². The highest BCUT2D eigenvalue weighted by Crippen LogP contribution is 2.48. The quantitative estimate of drug-likeness (QED) is 0.195. The summed E-state index contributed by atoms with van der Waals surface area (Å²) in [6.07, 6.45) is 3.18. The summed E-state index contributed by atoms with van der Waals surface area (Å²) in [6.45, 7) is 2.02. The number of nitrogens with one attached hydrogen (secondary N) is 1. The van der Waals surface area contributed by atoms with Crippen LogP contribution in [0.5, 0.6) is 5.75 Å². The summed E-state index contributed by atoms with van der Waals surface area (Å²) in [7, 11) is -4.03. The lowest BCUT2D eigenvalue weighted by atomic mass is 9.86. The molecule has 2 N–H and O–H groups in total. The molecule has 0 spiro atoms. The smallest absolute Gasteiger partial charge is 0.343 e. The third-order valence-corrected chi connectivity index (χ3v) is 9.39. The molecule has 1 aromatic heterocycles. The maximum absolute atomic E-state index is 13.4. The molecule has 3 aromatic carbocycles. The third kappa shape index (κ3) is 6.22. The molecule has 0 aliphatic heterocycles. The Balaban J connectivity index is 1.46. The largest absolute Gasteiger partial charge is 0.507 e. The van der Waals surface area contributed by atoms with Gasteiger partial charge < -0.3 is 9.52 Å². The first-order chi connectivity index (χ1) is 19.2. The van der Waals surface area contributed by atoms with E-state index >= 15 is 0 Å². The Labute approximate surface area is 243 Å². The minimum absolute atomic E-state index is 0.0455. The van der Waals surface area contributed by atoms with Crippen LogP contribution in [0.4, 0.5) is 5.69 Å². The summed E-state index contributed by atoms with van der Waals surface area (Å²) in [6, 6.07) is 22.6. The van der Waals surface area contributed by atoms with Crippen LogP contribution >= 0.6 is 23.2 Å². The second-order valence-electron chi connectivity index (χ2n) is 10.2. The summed E-state index contributed by atoms with van der Waals surface area (Å²) in [4.78, 5) is 13.2.